The monoisotopic (exact) mass is 318 g/mol. The van der Waals surface area contributed by atoms with Gasteiger partial charge in [-0.3, -0.25) is 9.52 Å². The zero-order chi connectivity index (χ0) is 16.2. The highest BCUT2D eigenvalue weighted by Gasteiger charge is 2.16. The van der Waals surface area contributed by atoms with Crippen molar-refractivity contribution in [1.82, 2.24) is 4.90 Å². The number of hydrogen-bond donors (Lipinski definition) is 1. The van der Waals surface area contributed by atoms with Crippen LogP contribution in [0.15, 0.2) is 59.5 Å². The predicted octanol–water partition coefficient (Wildman–Crippen LogP) is 2.58. The molecule has 1 amide bonds. The van der Waals surface area contributed by atoms with Crippen LogP contribution in [0.1, 0.15) is 17.3 Å². The third-order valence-corrected chi connectivity index (χ3v) is 4.66. The summed E-state index contributed by atoms with van der Waals surface area (Å²) in [5.74, 6) is -0.137. The lowest BCUT2D eigenvalue weighted by Gasteiger charge is -2.14. The molecule has 0 aliphatic rings. The fraction of sp³-hybridized carbons (Fsp3) is 0.188. The second-order valence-corrected chi connectivity index (χ2v) is 6.50. The van der Waals surface area contributed by atoms with E-state index in [1.165, 1.54) is 24.3 Å². The SMILES string of the molecule is CCN(C)C(=O)c1ccc(S(=O)(=O)Nc2ccccc2)cc1. The molecule has 0 aliphatic heterocycles. The van der Waals surface area contributed by atoms with E-state index in [2.05, 4.69) is 4.72 Å². The van der Waals surface area contributed by atoms with Crippen molar-refractivity contribution in [2.24, 2.45) is 0 Å². The van der Waals surface area contributed by atoms with Crippen LogP contribution in [-0.4, -0.2) is 32.8 Å². The minimum atomic E-state index is -3.66. The molecule has 5 nitrogen and oxygen atoms in total. The summed E-state index contributed by atoms with van der Waals surface area (Å²) in [6, 6.07) is 14.6. The molecule has 0 aliphatic carbocycles. The molecular formula is C16H18N2O3S. The molecule has 0 saturated heterocycles. The maximum atomic E-state index is 12.3. The number of sulfonamides is 1. The molecular weight excluding hydrogens is 300 g/mol. The van der Waals surface area contributed by atoms with Crippen LogP contribution in [0.4, 0.5) is 5.69 Å². The molecule has 0 fully saturated rings. The van der Waals surface area contributed by atoms with E-state index in [0.29, 0.717) is 17.8 Å². The summed E-state index contributed by atoms with van der Waals surface area (Å²) >= 11 is 0. The highest BCUT2D eigenvalue weighted by molar-refractivity contribution is 7.92. The van der Waals surface area contributed by atoms with Crippen LogP contribution in [0.3, 0.4) is 0 Å². The Morgan fingerprint density at radius 3 is 2.18 bits per heavy atom. The number of carbonyl (C=O) groups excluding carboxylic acids is 1. The highest BCUT2D eigenvalue weighted by atomic mass is 32.2. The number of rotatable bonds is 5. The number of amides is 1. The Morgan fingerprint density at radius 2 is 1.64 bits per heavy atom. The van der Waals surface area contributed by atoms with E-state index in [9.17, 15) is 13.2 Å². The Hall–Kier alpha value is -2.34. The Bertz CT molecular complexity index is 741. The van der Waals surface area contributed by atoms with Crippen molar-refractivity contribution in [3.63, 3.8) is 0 Å². The average Bonchev–Trinajstić information content (AvgIpc) is 2.54. The van der Waals surface area contributed by atoms with Gasteiger partial charge in [0.15, 0.2) is 0 Å². The fourth-order valence-corrected chi connectivity index (χ4v) is 2.92. The van der Waals surface area contributed by atoms with Gasteiger partial charge in [-0.1, -0.05) is 18.2 Å². The van der Waals surface area contributed by atoms with Gasteiger partial charge in [-0.25, -0.2) is 8.42 Å². The molecule has 0 spiro atoms. The van der Waals surface area contributed by atoms with Gasteiger partial charge in [0.05, 0.1) is 4.90 Å². The maximum absolute atomic E-state index is 12.3. The van der Waals surface area contributed by atoms with Crippen LogP contribution in [0, 0.1) is 0 Å². The van der Waals surface area contributed by atoms with E-state index in [4.69, 9.17) is 0 Å². The topological polar surface area (TPSA) is 66.5 Å². The summed E-state index contributed by atoms with van der Waals surface area (Å²) in [5.41, 5.74) is 0.955. The Labute approximate surface area is 130 Å². The molecule has 2 aromatic rings. The van der Waals surface area contributed by atoms with Crippen LogP contribution in [0.25, 0.3) is 0 Å². The molecule has 116 valence electrons. The first-order valence-corrected chi connectivity index (χ1v) is 8.36. The van der Waals surface area contributed by atoms with Crippen LogP contribution in [0.2, 0.25) is 0 Å². The van der Waals surface area contributed by atoms with E-state index in [-0.39, 0.29) is 10.8 Å². The summed E-state index contributed by atoms with van der Waals surface area (Å²) in [6.07, 6.45) is 0. The lowest BCUT2D eigenvalue weighted by Crippen LogP contribution is -2.26. The maximum Gasteiger partial charge on any atom is 0.261 e. The predicted molar refractivity (Wildman–Crippen MR) is 86.3 cm³/mol. The zero-order valence-corrected chi connectivity index (χ0v) is 13.3. The molecule has 1 N–H and O–H groups in total. The Morgan fingerprint density at radius 1 is 1.05 bits per heavy atom. The van der Waals surface area contributed by atoms with Crippen molar-refractivity contribution in [3.8, 4) is 0 Å². The van der Waals surface area contributed by atoms with E-state index in [1.807, 2.05) is 13.0 Å². The molecule has 0 heterocycles. The molecule has 0 unspecified atom stereocenters. The van der Waals surface area contributed by atoms with Crippen molar-refractivity contribution in [2.45, 2.75) is 11.8 Å². The molecule has 0 atom stereocenters. The first-order valence-electron chi connectivity index (χ1n) is 6.87. The molecule has 6 heteroatoms. The number of nitrogens with zero attached hydrogens (tertiary/aromatic N) is 1. The van der Waals surface area contributed by atoms with Crippen molar-refractivity contribution >= 4 is 21.6 Å². The van der Waals surface area contributed by atoms with Gasteiger partial charge in [0.1, 0.15) is 0 Å². The summed E-state index contributed by atoms with van der Waals surface area (Å²) in [6.45, 7) is 2.47. The molecule has 2 rings (SSSR count). The third-order valence-electron chi connectivity index (χ3n) is 3.26. The molecule has 0 radical (unpaired) electrons. The van der Waals surface area contributed by atoms with Gasteiger partial charge >= 0.3 is 0 Å². The minimum Gasteiger partial charge on any atom is -0.342 e. The second kappa shape index (κ2) is 6.62. The summed E-state index contributed by atoms with van der Waals surface area (Å²) < 4.78 is 27.0. The van der Waals surface area contributed by atoms with Crippen molar-refractivity contribution in [1.29, 1.82) is 0 Å². The van der Waals surface area contributed by atoms with Crippen LogP contribution >= 0.6 is 0 Å². The smallest absolute Gasteiger partial charge is 0.261 e. The van der Waals surface area contributed by atoms with Gasteiger partial charge in [0.2, 0.25) is 0 Å². The quantitative estimate of drug-likeness (QED) is 0.921. The normalized spacial score (nSPS) is 11.0. The first kappa shape index (κ1) is 16.0. The van der Waals surface area contributed by atoms with Crippen molar-refractivity contribution in [3.05, 3.63) is 60.2 Å². The van der Waals surface area contributed by atoms with Gasteiger partial charge in [-0.05, 0) is 43.3 Å². The summed E-state index contributed by atoms with van der Waals surface area (Å²) in [7, 11) is -1.96. The van der Waals surface area contributed by atoms with E-state index >= 15 is 0 Å². The number of anilines is 1. The van der Waals surface area contributed by atoms with E-state index < -0.39 is 10.0 Å². The molecule has 0 saturated carbocycles. The lowest BCUT2D eigenvalue weighted by atomic mass is 10.2. The third kappa shape index (κ3) is 3.65. The summed E-state index contributed by atoms with van der Waals surface area (Å²) in [4.78, 5) is 13.7. The van der Waals surface area contributed by atoms with Gasteiger partial charge < -0.3 is 4.90 Å². The van der Waals surface area contributed by atoms with Crippen LogP contribution < -0.4 is 4.72 Å². The Kier molecular flexibility index (Phi) is 4.82. The van der Waals surface area contributed by atoms with Crippen LogP contribution in [0.5, 0.6) is 0 Å². The highest BCUT2D eigenvalue weighted by Crippen LogP contribution is 2.16. The number of carbonyl (C=O) groups is 1. The molecule has 2 aromatic carbocycles. The molecule has 0 bridgehead atoms. The second-order valence-electron chi connectivity index (χ2n) is 4.82. The van der Waals surface area contributed by atoms with Gasteiger partial charge in [0, 0.05) is 24.8 Å². The number of benzene rings is 2. The Balaban J connectivity index is 2.21. The van der Waals surface area contributed by atoms with E-state index in [0.717, 1.165) is 0 Å². The zero-order valence-electron chi connectivity index (χ0n) is 12.5. The molecule has 22 heavy (non-hydrogen) atoms. The number of hydrogen-bond acceptors (Lipinski definition) is 3. The number of para-hydroxylation sites is 1. The van der Waals surface area contributed by atoms with Gasteiger partial charge in [-0.15, -0.1) is 0 Å². The largest absolute Gasteiger partial charge is 0.342 e. The van der Waals surface area contributed by atoms with Crippen molar-refractivity contribution in [2.75, 3.05) is 18.3 Å². The van der Waals surface area contributed by atoms with Crippen molar-refractivity contribution < 1.29 is 13.2 Å². The molecule has 0 aromatic heterocycles. The van der Waals surface area contributed by atoms with Gasteiger partial charge in [-0.2, -0.15) is 0 Å². The summed E-state index contributed by atoms with van der Waals surface area (Å²) in [5, 5.41) is 0. The lowest BCUT2D eigenvalue weighted by molar-refractivity contribution is 0.0802. The van der Waals surface area contributed by atoms with Crippen LogP contribution in [-0.2, 0) is 10.0 Å². The fourth-order valence-electron chi connectivity index (χ4n) is 1.86. The number of nitrogens with one attached hydrogen (secondary N) is 1. The average molecular weight is 318 g/mol. The van der Waals surface area contributed by atoms with Gasteiger partial charge in [0.25, 0.3) is 15.9 Å². The first-order chi connectivity index (χ1) is 10.4. The standard InChI is InChI=1S/C16H18N2O3S/c1-3-18(2)16(19)13-9-11-15(12-10-13)22(20,21)17-14-7-5-4-6-8-14/h4-12,17H,3H2,1-2H3. The minimum absolute atomic E-state index is 0.118. The van der Waals surface area contributed by atoms with E-state index in [1.54, 1.807) is 36.2 Å².